The monoisotopic (exact) mass is 418 g/mol. The molecule has 0 radical (unpaired) electrons. The van der Waals surface area contributed by atoms with E-state index in [0.29, 0.717) is 15.6 Å². The highest BCUT2D eigenvalue weighted by molar-refractivity contribution is 7.16. The van der Waals surface area contributed by atoms with E-state index in [9.17, 15) is 9.59 Å². The number of nitrogens with zero attached hydrogens (tertiary/aromatic N) is 2. The molecular weight excluding hydrogens is 400 g/mol. The van der Waals surface area contributed by atoms with Crippen molar-refractivity contribution >= 4 is 45.0 Å². The minimum Gasteiger partial charge on any atom is -0.484 e. The van der Waals surface area contributed by atoms with E-state index >= 15 is 0 Å². The van der Waals surface area contributed by atoms with Gasteiger partial charge in [-0.05, 0) is 55.3 Å². The molecule has 0 aliphatic heterocycles. The third-order valence-electron chi connectivity index (χ3n) is 4.03. The number of carbonyl (C=O) groups is 2. The summed E-state index contributed by atoms with van der Waals surface area (Å²) in [6.45, 7) is 3.73. The Labute approximate surface area is 171 Å². The number of hydrogen-bond acceptors (Lipinski definition) is 5. The molecule has 0 saturated carbocycles. The zero-order valence-corrected chi connectivity index (χ0v) is 17.3. The molecule has 0 spiro atoms. The molecule has 0 unspecified atom stereocenters. The number of methoxy groups -OCH3 is 1. The van der Waals surface area contributed by atoms with Crippen molar-refractivity contribution < 1.29 is 19.1 Å². The smallest absolute Gasteiger partial charge is 0.325 e. The average Bonchev–Trinajstić information content (AvgIpc) is 2.98. The highest BCUT2D eigenvalue weighted by Crippen LogP contribution is 2.23. The van der Waals surface area contributed by atoms with Crippen molar-refractivity contribution in [2.24, 2.45) is 4.99 Å². The van der Waals surface area contributed by atoms with Gasteiger partial charge in [-0.15, -0.1) is 0 Å². The van der Waals surface area contributed by atoms with Crippen LogP contribution < -0.4 is 9.54 Å². The third kappa shape index (κ3) is 4.61. The lowest BCUT2D eigenvalue weighted by atomic mass is 10.1. The molecule has 1 heterocycles. The zero-order valence-electron chi connectivity index (χ0n) is 15.7. The molecule has 0 aliphatic rings. The van der Waals surface area contributed by atoms with Crippen molar-refractivity contribution in [3.63, 3.8) is 0 Å². The molecule has 146 valence electrons. The summed E-state index contributed by atoms with van der Waals surface area (Å²) in [5.41, 5.74) is 2.97. The van der Waals surface area contributed by atoms with Crippen LogP contribution in [0.4, 0.5) is 0 Å². The van der Waals surface area contributed by atoms with Crippen LogP contribution in [-0.2, 0) is 20.9 Å². The van der Waals surface area contributed by atoms with Gasteiger partial charge in [-0.2, -0.15) is 4.99 Å². The zero-order chi connectivity index (χ0) is 20.3. The number of aryl methyl sites for hydroxylation is 2. The summed E-state index contributed by atoms with van der Waals surface area (Å²) in [4.78, 5) is 28.8. The molecular formula is C20H19ClN2O4S. The molecule has 1 amide bonds. The standard InChI is InChI=1S/C20H19ClN2O4S/c1-12-8-13(2)19-16(9-12)23(10-18(25)26-3)20(28-19)22-17(24)11-27-15-6-4-14(21)5-7-15/h4-9H,10-11H2,1-3H3. The van der Waals surface area contributed by atoms with Gasteiger partial charge >= 0.3 is 5.97 Å². The molecule has 6 nitrogen and oxygen atoms in total. The Bertz CT molecular complexity index is 1100. The van der Waals surface area contributed by atoms with Crippen molar-refractivity contribution in [1.82, 2.24) is 4.57 Å². The van der Waals surface area contributed by atoms with E-state index in [0.717, 1.165) is 21.3 Å². The average molecular weight is 419 g/mol. The van der Waals surface area contributed by atoms with Crippen molar-refractivity contribution in [3.05, 3.63) is 57.3 Å². The molecule has 0 atom stereocenters. The van der Waals surface area contributed by atoms with E-state index in [2.05, 4.69) is 11.1 Å². The summed E-state index contributed by atoms with van der Waals surface area (Å²) >= 11 is 7.19. The fourth-order valence-electron chi connectivity index (χ4n) is 2.76. The Hall–Kier alpha value is -2.64. The van der Waals surface area contributed by atoms with Crippen LogP contribution in [0.5, 0.6) is 5.75 Å². The molecule has 0 aliphatic carbocycles. The van der Waals surface area contributed by atoms with Crippen LogP contribution in [-0.4, -0.2) is 30.2 Å². The second kappa shape index (κ2) is 8.58. The number of benzene rings is 2. The van der Waals surface area contributed by atoms with Crippen LogP contribution in [0.2, 0.25) is 5.02 Å². The Morgan fingerprint density at radius 3 is 2.57 bits per heavy atom. The summed E-state index contributed by atoms with van der Waals surface area (Å²) in [6, 6.07) is 10.7. The van der Waals surface area contributed by atoms with Crippen molar-refractivity contribution in [3.8, 4) is 5.75 Å². The minimum atomic E-state index is -0.450. The maximum atomic E-state index is 12.3. The second-order valence-corrected chi connectivity index (χ2v) is 7.64. The Morgan fingerprint density at radius 2 is 1.89 bits per heavy atom. The fraction of sp³-hybridized carbons (Fsp3) is 0.250. The number of hydrogen-bond donors (Lipinski definition) is 0. The molecule has 0 fully saturated rings. The number of aromatic nitrogens is 1. The molecule has 8 heteroatoms. The van der Waals surface area contributed by atoms with Crippen LogP contribution in [0.3, 0.4) is 0 Å². The Kier molecular flexibility index (Phi) is 6.16. The normalized spacial score (nSPS) is 11.6. The lowest BCUT2D eigenvalue weighted by Gasteiger charge is -2.05. The van der Waals surface area contributed by atoms with Crippen molar-refractivity contribution in [2.45, 2.75) is 20.4 Å². The van der Waals surface area contributed by atoms with Crippen LogP contribution in [0, 0.1) is 13.8 Å². The van der Waals surface area contributed by atoms with Gasteiger partial charge in [0, 0.05) is 5.02 Å². The van der Waals surface area contributed by atoms with Crippen LogP contribution in [0.25, 0.3) is 10.2 Å². The number of amides is 1. The van der Waals surface area contributed by atoms with Crippen molar-refractivity contribution in [2.75, 3.05) is 13.7 Å². The topological polar surface area (TPSA) is 69.9 Å². The van der Waals surface area contributed by atoms with E-state index in [4.69, 9.17) is 21.1 Å². The van der Waals surface area contributed by atoms with Crippen LogP contribution >= 0.6 is 22.9 Å². The minimum absolute atomic E-state index is 0.0243. The predicted molar refractivity (Wildman–Crippen MR) is 109 cm³/mol. The number of halogens is 1. The van der Waals surface area contributed by atoms with Gasteiger partial charge < -0.3 is 14.0 Å². The first-order chi connectivity index (χ1) is 13.4. The van der Waals surface area contributed by atoms with E-state index in [1.807, 2.05) is 19.9 Å². The van der Waals surface area contributed by atoms with Gasteiger partial charge in [0.25, 0.3) is 5.91 Å². The molecule has 0 N–H and O–H groups in total. The van der Waals surface area contributed by atoms with Crippen LogP contribution in [0.15, 0.2) is 41.4 Å². The lowest BCUT2D eigenvalue weighted by Crippen LogP contribution is -2.23. The number of rotatable bonds is 5. The van der Waals surface area contributed by atoms with E-state index in [1.54, 1.807) is 28.8 Å². The summed E-state index contributed by atoms with van der Waals surface area (Å²) in [7, 11) is 1.33. The highest BCUT2D eigenvalue weighted by atomic mass is 35.5. The third-order valence-corrected chi connectivity index (χ3v) is 5.51. The van der Waals surface area contributed by atoms with Gasteiger partial charge in [-0.25, -0.2) is 0 Å². The second-order valence-electron chi connectivity index (χ2n) is 6.23. The van der Waals surface area contributed by atoms with E-state index in [-0.39, 0.29) is 13.2 Å². The molecule has 0 bridgehead atoms. The number of esters is 1. The number of thiazole rings is 1. The SMILES string of the molecule is COC(=O)Cn1c(=NC(=O)COc2ccc(Cl)cc2)sc2c(C)cc(C)cc21. The van der Waals surface area contributed by atoms with Gasteiger partial charge in [0.2, 0.25) is 0 Å². The van der Waals surface area contributed by atoms with E-state index < -0.39 is 11.9 Å². The summed E-state index contributed by atoms with van der Waals surface area (Å²) in [5.74, 6) is -0.335. The maximum Gasteiger partial charge on any atom is 0.325 e. The molecule has 2 aromatic carbocycles. The molecule has 3 aromatic rings. The fourth-order valence-corrected chi connectivity index (χ4v) is 3.98. The van der Waals surface area contributed by atoms with Gasteiger partial charge in [-0.1, -0.05) is 29.0 Å². The summed E-state index contributed by atoms with van der Waals surface area (Å²) in [6.07, 6.45) is 0. The first kappa shape index (κ1) is 20.1. The quantitative estimate of drug-likeness (QED) is 0.593. The first-order valence-electron chi connectivity index (χ1n) is 8.50. The number of fused-ring (bicyclic) bond motifs is 1. The number of carbonyl (C=O) groups excluding carboxylic acids is 2. The highest BCUT2D eigenvalue weighted by Gasteiger charge is 2.14. The summed E-state index contributed by atoms with van der Waals surface area (Å²) in [5, 5.41) is 0.586. The Morgan fingerprint density at radius 1 is 1.18 bits per heavy atom. The number of ether oxygens (including phenoxy) is 2. The molecule has 1 aromatic heterocycles. The van der Waals surface area contributed by atoms with Gasteiger partial charge in [-0.3, -0.25) is 9.59 Å². The molecule has 3 rings (SSSR count). The molecule has 28 heavy (non-hydrogen) atoms. The predicted octanol–water partition coefficient (Wildman–Crippen LogP) is 3.65. The van der Waals surface area contributed by atoms with Crippen molar-refractivity contribution in [1.29, 1.82) is 0 Å². The maximum absolute atomic E-state index is 12.3. The molecule has 0 saturated heterocycles. The van der Waals surface area contributed by atoms with E-state index in [1.165, 1.54) is 18.4 Å². The largest absolute Gasteiger partial charge is 0.484 e. The first-order valence-corrected chi connectivity index (χ1v) is 9.70. The van der Waals surface area contributed by atoms with Gasteiger partial charge in [0.1, 0.15) is 12.3 Å². The lowest BCUT2D eigenvalue weighted by molar-refractivity contribution is -0.141. The Balaban J connectivity index is 1.94. The van der Waals surface area contributed by atoms with Gasteiger partial charge in [0.15, 0.2) is 11.4 Å². The van der Waals surface area contributed by atoms with Crippen LogP contribution in [0.1, 0.15) is 11.1 Å². The van der Waals surface area contributed by atoms with Gasteiger partial charge in [0.05, 0.1) is 17.3 Å². The summed E-state index contributed by atoms with van der Waals surface area (Å²) < 4.78 is 12.9.